The van der Waals surface area contributed by atoms with E-state index in [1.165, 1.54) is 24.8 Å². The third-order valence-electron chi connectivity index (χ3n) is 1.26. The van der Waals surface area contributed by atoms with Crippen LogP contribution in [0.4, 0.5) is 0 Å². The Labute approximate surface area is 113 Å². The molecule has 2 rings (SSSR count). The van der Waals surface area contributed by atoms with E-state index in [9.17, 15) is 4.57 Å². The highest BCUT2D eigenvalue weighted by atomic mass is 79.9. The molecule has 10 heteroatoms. The lowest BCUT2D eigenvalue weighted by atomic mass is 10.8. The van der Waals surface area contributed by atoms with E-state index in [-0.39, 0.29) is 34.0 Å². The Balaban J connectivity index is 0.00000112. The van der Waals surface area contributed by atoms with Gasteiger partial charge >= 0.3 is 8.25 Å². The van der Waals surface area contributed by atoms with Crippen molar-refractivity contribution in [2.45, 2.75) is 0 Å². The molecule has 7 nitrogen and oxygen atoms in total. The van der Waals surface area contributed by atoms with Crippen LogP contribution in [0.5, 0.6) is 0 Å². The molecule has 0 bridgehead atoms. The van der Waals surface area contributed by atoms with E-state index in [4.69, 9.17) is 9.25 Å². The molecular formula is C6H8Br2N4O3P+. The number of hydrogen-bond acceptors (Lipinski definition) is 5. The van der Waals surface area contributed by atoms with Crippen LogP contribution in [0.2, 0.25) is 0 Å². The van der Waals surface area contributed by atoms with Crippen molar-refractivity contribution in [1.82, 2.24) is 19.9 Å². The molecule has 2 aromatic rings. The summed E-state index contributed by atoms with van der Waals surface area (Å²) in [5.41, 5.74) is 0. The SMILES string of the molecule is Br.Br.O=[P+](On1cccn1)On1cccn1. The molecule has 0 aliphatic carbocycles. The van der Waals surface area contributed by atoms with Crippen molar-refractivity contribution in [3.8, 4) is 0 Å². The molecule has 0 fully saturated rings. The van der Waals surface area contributed by atoms with E-state index < -0.39 is 8.25 Å². The summed E-state index contributed by atoms with van der Waals surface area (Å²) in [5.74, 6) is 0. The van der Waals surface area contributed by atoms with E-state index in [2.05, 4.69) is 10.2 Å². The van der Waals surface area contributed by atoms with Gasteiger partial charge in [-0.3, -0.25) is 0 Å². The van der Waals surface area contributed by atoms with Crippen molar-refractivity contribution in [2.75, 3.05) is 0 Å². The Morgan fingerprint density at radius 1 is 0.938 bits per heavy atom. The topological polar surface area (TPSA) is 71.2 Å². The molecule has 88 valence electrons. The molecule has 0 aliphatic heterocycles. The molecule has 16 heavy (non-hydrogen) atoms. The summed E-state index contributed by atoms with van der Waals surface area (Å²) in [6.45, 7) is 0. The van der Waals surface area contributed by atoms with Gasteiger partial charge in [0.15, 0.2) is 0 Å². The van der Waals surface area contributed by atoms with Gasteiger partial charge in [0.1, 0.15) is 0 Å². The summed E-state index contributed by atoms with van der Waals surface area (Å²) in [5, 5.41) is 7.37. The Morgan fingerprint density at radius 3 is 1.69 bits per heavy atom. The van der Waals surface area contributed by atoms with Gasteiger partial charge in [-0.2, -0.15) is 0 Å². The first-order valence-corrected chi connectivity index (χ1v) is 4.77. The largest absolute Gasteiger partial charge is 0.851 e. The van der Waals surface area contributed by atoms with Crippen LogP contribution < -0.4 is 9.25 Å². The molecule has 0 aromatic carbocycles. The molecule has 2 aromatic heterocycles. The second-order valence-electron chi connectivity index (χ2n) is 2.20. The van der Waals surface area contributed by atoms with Gasteiger partial charge in [0.25, 0.3) is 0 Å². The summed E-state index contributed by atoms with van der Waals surface area (Å²) in [7, 11) is -2.33. The van der Waals surface area contributed by atoms with Crippen LogP contribution in [0.25, 0.3) is 0 Å². The highest BCUT2D eigenvalue weighted by Gasteiger charge is 2.25. The van der Waals surface area contributed by atoms with Crippen LogP contribution in [-0.2, 0) is 4.57 Å². The quantitative estimate of drug-likeness (QED) is 0.757. The van der Waals surface area contributed by atoms with Gasteiger partial charge in [0.2, 0.25) is 0 Å². The fraction of sp³-hybridized carbons (Fsp3) is 0. The normalized spacial score (nSPS) is 8.50. The van der Waals surface area contributed by atoms with E-state index in [0.29, 0.717) is 0 Å². The molecule has 0 saturated carbocycles. The van der Waals surface area contributed by atoms with E-state index in [1.807, 2.05) is 0 Å². The zero-order chi connectivity index (χ0) is 9.80. The second kappa shape index (κ2) is 7.37. The molecule has 0 N–H and O–H groups in total. The van der Waals surface area contributed by atoms with Crippen molar-refractivity contribution >= 4 is 42.2 Å². The summed E-state index contributed by atoms with van der Waals surface area (Å²) >= 11 is 0. The summed E-state index contributed by atoms with van der Waals surface area (Å²) in [6.07, 6.45) is 5.99. The summed E-state index contributed by atoms with van der Waals surface area (Å²) in [6, 6.07) is 3.27. The highest BCUT2D eigenvalue weighted by Crippen LogP contribution is 2.13. The number of nitrogens with zero attached hydrogens (tertiary/aromatic N) is 4. The molecule has 2 heterocycles. The molecule has 0 atom stereocenters. The van der Waals surface area contributed by atoms with Crippen LogP contribution >= 0.6 is 42.2 Å². The average molecular weight is 375 g/mol. The Bertz CT molecular complexity index is 369. The molecule has 0 spiro atoms. The van der Waals surface area contributed by atoms with Crippen molar-refractivity contribution in [3.05, 3.63) is 36.9 Å². The molecule has 0 unspecified atom stereocenters. The van der Waals surface area contributed by atoms with Gasteiger partial charge in [0.05, 0.1) is 24.8 Å². The van der Waals surface area contributed by atoms with E-state index in [0.717, 1.165) is 9.69 Å². The number of aromatic nitrogens is 4. The lowest BCUT2D eigenvalue weighted by molar-refractivity contribution is 0.158. The zero-order valence-corrected chi connectivity index (χ0v) is 12.1. The monoisotopic (exact) mass is 373 g/mol. The number of hydrogen-bond donors (Lipinski definition) is 0. The maximum atomic E-state index is 11.2. The smallest absolute Gasteiger partial charge is 0.141 e. The standard InChI is InChI=1S/C6H6N4O3P.2BrH/c11-14(12-9-5-1-3-7-9)13-10-6-2-4-8-10;;/h1-6H;2*1H/q+1;;. The Kier molecular flexibility index (Phi) is 6.95. The maximum Gasteiger partial charge on any atom is 0.851 e. The van der Waals surface area contributed by atoms with Gasteiger partial charge in [-0.15, -0.1) is 44.2 Å². The fourth-order valence-corrected chi connectivity index (χ4v) is 1.25. The van der Waals surface area contributed by atoms with Crippen LogP contribution in [0.1, 0.15) is 0 Å². The van der Waals surface area contributed by atoms with Gasteiger partial charge in [-0.25, -0.2) is 0 Å². The van der Waals surface area contributed by atoms with Crippen molar-refractivity contribution in [3.63, 3.8) is 0 Å². The first-order valence-electron chi connectivity index (χ1n) is 3.68. The first kappa shape index (κ1) is 15.1. The first-order chi connectivity index (χ1) is 6.84. The van der Waals surface area contributed by atoms with Crippen LogP contribution in [0, 0.1) is 0 Å². The zero-order valence-electron chi connectivity index (χ0n) is 7.74. The van der Waals surface area contributed by atoms with Crippen LogP contribution in [0.15, 0.2) is 36.9 Å². The van der Waals surface area contributed by atoms with Gasteiger partial charge < -0.3 is 0 Å². The van der Waals surface area contributed by atoms with Gasteiger partial charge in [-0.1, -0.05) is 9.25 Å². The minimum atomic E-state index is -2.33. The molecule has 0 saturated heterocycles. The summed E-state index contributed by atoms with van der Waals surface area (Å²) < 4.78 is 20.7. The van der Waals surface area contributed by atoms with E-state index >= 15 is 0 Å². The van der Waals surface area contributed by atoms with Crippen molar-refractivity contribution in [2.24, 2.45) is 0 Å². The van der Waals surface area contributed by atoms with Gasteiger partial charge in [0, 0.05) is 4.57 Å². The third-order valence-corrected chi connectivity index (χ3v) is 1.86. The fourth-order valence-electron chi connectivity index (χ4n) is 0.758. The minimum Gasteiger partial charge on any atom is -0.141 e. The predicted octanol–water partition coefficient (Wildman–Crippen LogP) is 1.45. The second-order valence-corrected chi connectivity index (χ2v) is 2.98. The molecule has 0 radical (unpaired) electrons. The lowest BCUT2D eigenvalue weighted by Gasteiger charge is -1.89. The number of halogens is 2. The van der Waals surface area contributed by atoms with Crippen molar-refractivity contribution < 1.29 is 13.8 Å². The highest BCUT2D eigenvalue weighted by molar-refractivity contribution is 8.93. The molecular weight excluding hydrogens is 367 g/mol. The third kappa shape index (κ3) is 4.30. The van der Waals surface area contributed by atoms with Crippen LogP contribution in [0.3, 0.4) is 0 Å². The maximum absolute atomic E-state index is 11.2. The predicted molar refractivity (Wildman–Crippen MR) is 65.9 cm³/mol. The van der Waals surface area contributed by atoms with Crippen molar-refractivity contribution in [1.29, 1.82) is 0 Å². The minimum absolute atomic E-state index is 0. The average Bonchev–Trinajstić information content (AvgIpc) is 2.76. The molecule has 0 amide bonds. The van der Waals surface area contributed by atoms with Gasteiger partial charge in [-0.05, 0) is 21.8 Å². The van der Waals surface area contributed by atoms with E-state index in [1.54, 1.807) is 12.1 Å². The number of rotatable bonds is 4. The van der Waals surface area contributed by atoms with Crippen LogP contribution in [-0.4, -0.2) is 19.9 Å². The Morgan fingerprint density at radius 2 is 1.38 bits per heavy atom. The molecule has 0 aliphatic rings. The lowest BCUT2D eigenvalue weighted by Crippen LogP contribution is -2.11. The summed E-state index contributed by atoms with van der Waals surface area (Å²) in [4.78, 5) is 2.09. The Hall–Kier alpha value is -0.920.